The quantitative estimate of drug-likeness (QED) is 0.356. The summed E-state index contributed by atoms with van der Waals surface area (Å²) in [4.78, 5) is 11.0. The molecule has 0 aromatic heterocycles. The standard InChI is InChI=1S/C11H20O2S2/c1-4-14-7-5-8-15-9-6-13-11(12)10(2)3/h2,4-9H2,1,3H3. The number of thioether (sulfide) groups is 2. The molecule has 0 aliphatic rings. The third-order valence-corrected chi connectivity index (χ3v) is 3.61. The summed E-state index contributed by atoms with van der Waals surface area (Å²) in [6.07, 6.45) is 1.23. The van der Waals surface area contributed by atoms with Gasteiger partial charge in [-0.25, -0.2) is 4.79 Å². The van der Waals surface area contributed by atoms with E-state index in [4.69, 9.17) is 4.74 Å². The zero-order valence-electron chi connectivity index (χ0n) is 9.58. The van der Waals surface area contributed by atoms with Gasteiger partial charge in [0.05, 0.1) is 0 Å². The molecule has 0 fully saturated rings. The van der Waals surface area contributed by atoms with Crippen molar-refractivity contribution in [3.63, 3.8) is 0 Å². The molecule has 15 heavy (non-hydrogen) atoms. The van der Waals surface area contributed by atoms with E-state index in [0.29, 0.717) is 12.2 Å². The minimum Gasteiger partial charge on any atom is -0.461 e. The number of esters is 1. The summed E-state index contributed by atoms with van der Waals surface area (Å²) < 4.78 is 4.97. The van der Waals surface area contributed by atoms with E-state index in [-0.39, 0.29) is 5.97 Å². The third kappa shape index (κ3) is 10.2. The van der Waals surface area contributed by atoms with E-state index in [2.05, 4.69) is 13.5 Å². The molecule has 4 heteroatoms. The van der Waals surface area contributed by atoms with Gasteiger partial charge in [0.25, 0.3) is 0 Å². The van der Waals surface area contributed by atoms with Gasteiger partial charge in [-0.2, -0.15) is 23.5 Å². The fourth-order valence-corrected chi connectivity index (χ4v) is 2.40. The maximum absolute atomic E-state index is 11.0. The second kappa shape index (κ2) is 10.4. The Bertz CT molecular complexity index is 193. The summed E-state index contributed by atoms with van der Waals surface area (Å²) in [5.41, 5.74) is 0.472. The van der Waals surface area contributed by atoms with E-state index in [1.54, 1.807) is 6.92 Å². The molecule has 2 nitrogen and oxygen atoms in total. The SMILES string of the molecule is C=C(C)C(=O)OCCSCCCSCC. The number of rotatable bonds is 9. The fraction of sp³-hybridized carbons (Fsp3) is 0.727. The Morgan fingerprint density at radius 3 is 2.53 bits per heavy atom. The summed E-state index contributed by atoms with van der Waals surface area (Å²) >= 11 is 3.81. The average Bonchev–Trinajstić information content (AvgIpc) is 2.21. The van der Waals surface area contributed by atoms with Crippen LogP contribution >= 0.6 is 23.5 Å². The number of ether oxygens (including phenoxy) is 1. The van der Waals surface area contributed by atoms with Crippen LogP contribution in [0.25, 0.3) is 0 Å². The minimum absolute atomic E-state index is 0.280. The van der Waals surface area contributed by atoms with Gasteiger partial charge in [0.2, 0.25) is 0 Å². The predicted molar refractivity (Wildman–Crippen MR) is 70.7 cm³/mol. The molecule has 0 saturated carbocycles. The highest BCUT2D eigenvalue weighted by Gasteiger charge is 2.01. The summed E-state index contributed by atoms with van der Waals surface area (Å²) in [6, 6.07) is 0. The molecule has 0 N–H and O–H groups in total. The molecule has 0 saturated heterocycles. The van der Waals surface area contributed by atoms with Gasteiger partial charge in [0.15, 0.2) is 0 Å². The molecule has 88 valence electrons. The summed E-state index contributed by atoms with van der Waals surface area (Å²) in [5, 5.41) is 0. The van der Waals surface area contributed by atoms with Gasteiger partial charge in [-0.05, 0) is 30.6 Å². The minimum atomic E-state index is -0.280. The predicted octanol–water partition coefficient (Wildman–Crippen LogP) is 2.98. The molecule has 0 aromatic rings. The Labute approximate surface area is 101 Å². The molecule has 0 heterocycles. The molecular formula is C11H20O2S2. The van der Waals surface area contributed by atoms with Crippen molar-refractivity contribution in [3.8, 4) is 0 Å². The van der Waals surface area contributed by atoms with Gasteiger partial charge < -0.3 is 4.74 Å². The van der Waals surface area contributed by atoms with Crippen molar-refractivity contribution < 1.29 is 9.53 Å². The van der Waals surface area contributed by atoms with Crippen molar-refractivity contribution in [3.05, 3.63) is 12.2 Å². The Balaban J connectivity index is 3.11. The maximum Gasteiger partial charge on any atom is 0.333 e. The van der Waals surface area contributed by atoms with Gasteiger partial charge in [0, 0.05) is 11.3 Å². The van der Waals surface area contributed by atoms with Crippen molar-refractivity contribution in [1.29, 1.82) is 0 Å². The highest BCUT2D eigenvalue weighted by atomic mass is 32.2. The van der Waals surface area contributed by atoms with E-state index in [0.717, 1.165) is 11.5 Å². The number of carbonyl (C=O) groups excluding carboxylic acids is 1. The van der Waals surface area contributed by atoms with Crippen molar-refractivity contribution in [2.75, 3.05) is 29.6 Å². The van der Waals surface area contributed by atoms with Crippen molar-refractivity contribution in [2.45, 2.75) is 20.3 Å². The monoisotopic (exact) mass is 248 g/mol. The molecule has 0 radical (unpaired) electrons. The molecule has 0 aliphatic heterocycles. The first-order valence-electron chi connectivity index (χ1n) is 5.16. The smallest absolute Gasteiger partial charge is 0.333 e. The Kier molecular flexibility index (Phi) is 10.4. The zero-order chi connectivity index (χ0) is 11.5. The summed E-state index contributed by atoms with van der Waals surface area (Å²) in [7, 11) is 0. The zero-order valence-corrected chi connectivity index (χ0v) is 11.2. The van der Waals surface area contributed by atoms with Gasteiger partial charge in [-0.3, -0.25) is 0 Å². The van der Waals surface area contributed by atoms with Gasteiger partial charge in [-0.1, -0.05) is 13.5 Å². The lowest BCUT2D eigenvalue weighted by atomic mass is 10.4. The molecule has 0 spiro atoms. The van der Waals surface area contributed by atoms with Crippen LogP contribution in [0.15, 0.2) is 12.2 Å². The second-order valence-corrected chi connectivity index (χ2v) is 5.70. The number of carbonyl (C=O) groups is 1. The Hall–Kier alpha value is -0.0900. The number of hydrogen-bond acceptors (Lipinski definition) is 4. The van der Waals surface area contributed by atoms with E-state index in [1.807, 2.05) is 23.5 Å². The first-order valence-corrected chi connectivity index (χ1v) is 7.47. The third-order valence-electron chi connectivity index (χ3n) is 1.59. The van der Waals surface area contributed by atoms with Crippen LogP contribution in [-0.2, 0) is 9.53 Å². The van der Waals surface area contributed by atoms with Crippen LogP contribution in [0.2, 0.25) is 0 Å². The van der Waals surface area contributed by atoms with Gasteiger partial charge in [0.1, 0.15) is 6.61 Å². The van der Waals surface area contributed by atoms with Crippen LogP contribution in [0, 0.1) is 0 Å². The second-order valence-electron chi connectivity index (χ2n) is 3.08. The molecule has 0 aromatic carbocycles. The lowest BCUT2D eigenvalue weighted by molar-refractivity contribution is -0.138. The highest BCUT2D eigenvalue weighted by Crippen LogP contribution is 2.07. The van der Waals surface area contributed by atoms with Crippen LogP contribution in [0.3, 0.4) is 0 Å². The number of hydrogen-bond donors (Lipinski definition) is 0. The van der Waals surface area contributed by atoms with Crippen LogP contribution in [0.4, 0.5) is 0 Å². The molecule has 0 aliphatic carbocycles. The van der Waals surface area contributed by atoms with Gasteiger partial charge in [-0.15, -0.1) is 0 Å². The Morgan fingerprint density at radius 2 is 1.93 bits per heavy atom. The van der Waals surface area contributed by atoms with E-state index >= 15 is 0 Å². The Morgan fingerprint density at radius 1 is 1.27 bits per heavy atom. The lowest BCUT2D eigenvalue weighted by Crippen LogP contribution is -2.07. The summed E-state index contributed by atoms with van der Waals surface area (Å²) in [6.45, 7) is 7.86. The molecule has 0 bridgehead atoms. The van der Waals surface area contributed by atoms with Crippen LogP contribution in [-0.4, -0.2) is 35.6 Å². The maximum atomic E-state index is 11.0. The van der Waals surface area contributed by atoms with Crippen molar-refractivity contribution >= 4 is 29.5 Å². The molecule has 0 rings (SSSR count). The highest BCUT2D eigenvalue weighted by molar-refractivity contribution is 8.00. The van der Waals surface area contributed by atoms with Gasteiger partial charge >= 0.3 is 5.97 Å². The van der Waals surface area contributed by atoms with E-state index in [9.17, 15) is 4.79 Å². The van der Waals surface area contributed by atoms with Crippen molar-refractivity contribution in [1.82, 2.24) is 0 Å². The van der Waals surface area contributed by atoms with Crippen LogP contribution in [0.1, 0.15) is 20.3 Å². The van der Waals surface area contributed by atoms with E-state index < -0.39 is 0 Å². The van der Waals surface area contributed by atoms with Crippen LogP contribution < -0.4 is 0 Å². The first kappa shape index (κ1) is 14.9. The molecule has 0 amide bonds. The first-order chi connectivity index (χ1) is 7.18. The molecule has 0 atom stereocenters. The van der Waals surface area contributed by atoms with Crippen molar-refractivity contribution in [2.24, 2.45) is 0 Å². The molecular weight excluding hydrogens is 228 g/mol. The average molecular weight is 248 g/mol. The normalized spacial score (nSPS) is 10.0. The van der Waals surface area contributed by atoms with E-state index in [1.165, 1.54) is 17.9 Å². The molecule has 0 unspecified atom stereocenters. The topological polar surface area (TPSA) is 26.3 Å². The van der Waals surface area contributed by atoms with Crippen LogP contribution in [0.5, 0.6) is 0 Å². The fourth-order valence-electron chi connectivity index (χ4n) is 0.826. The summed E-state index contributed by atoms with van der Waals surface area (Å²) in [5.74, 6) is 4.18. The lowest BCUT2D eigenvalue weighted by Gasteiger charge is -2.04. The largest absolute Gasteiger partial charge is 0.461 e.